The van der Waals surface area contributed by atoms with E-state index in [9.17, 15) is 9.90 Å². The summed E-state index contributed by atoms with van der Waals surface area (Å²) in [7, 11) is 1.53. The maximum absolute atomic E-state index is 12.5. The van der Waals surface area contributed by atoms with E-state index in [4.69, 9.17) is 9.47 Å². The van der Waals surface area contributed by atoms with E-state index in [-0.39, 0.29) is 11.8 Å². The second-order valence-electron chi connectivity index (χ2n) is 6.52. The number of cyclic esters (lactones) is 1. The molecular weight excluding hydrogens is 386 g/mol. The van der Waals surface area contributed by atoms with E-state index in [0.29, 0.717) is 18.7 Å². The third kappa shape index (κ3) is 2.24. The molecule has 2 aliphatic rings. The molecule has 1 saturated heterocycles. The van der Waals surface area contributed by atoms with E-state index >= 15 is 0 Å². The molecule has 4 rings (SSSR count). The Hall–Kier alpha value is -2.21. The minimum absolute atomic E-state index is 0.0644. The topological polar surface area (TPSA) is 59.0 Å². The Balaban J connectivity index is 1.92. The van der Waals surface area contributed by atoms with Gasteiger partial charge in [-0.25, -0.2) is 4.79 Å². The molecule has 2 aliphatic heterocycles. The first-order chi connectivity index (χ1) is 12.0. The Kier molecular flexibility index (Phi) is 3.68. The molecule has 25 heavy (non-hydrogen) atoms. The SMILES string of the molecule is COc1cc2c(cc1O)[C@@]1(C)[C@H](c3ccccc3Br)OC(=O)N1CC2. The van der Waals surface area contributed by atoms with Crippen LogP contribution in [0.25, 0.3) is 0 Å². The quantitative estimate of drug-likeness (QED) is 0.818. The van der Waals surface area contributed by atoms with Crippen LogP contribution in [0.3, 0.4) is 0 Å². The van der Waals surface area contributed by atoms with Gasteiger partial charge in [0.15, 0.2) is 17.6 Å². The van der Waals surface area contributed by atoms with Crippen LogP contribution in [0.4, 0.5) is 4.79 Å². The highest BCUT2D eigenvalue weighted by Crippen LogP contribution is 2.53. The zero-order valence-electron chi connectivity index (χ0n) is 14.0. The molecule has 2 atom stereocenters. The monoisotopic (exact) mass is 403 g/mol. The van der Waals surface area contributed by atoms with E-state index in [1.807, 2.05) is 37.3 Å². The highest BCUT2D eigenvalue weighted by molar-refractivity contribution is 9.10. The molecule has 0 spiro atoms. The Labute approximate surface area is 154 Å². The molecule has 2 aromatic carbocycles. The first-order valence-corrected chi connectivity index (χ1v) is 8.89. The molecule has 0 unspecified atom stereocenters. The maximum Gasteiger partial charge on any atom is 0.411 e. The molecule has 6 heteroatoms. The van der Waals surface area contributed by atoms with Gasteiger partial charge in [0, 0.05) is 16.6 Å². The van der Waals surface area contributed by atoms with E-state index < -0.39 is 11.6 Å². The van der Waals surface area contributed by atoms with Gasteiger partial charge >= 0.3 is 6.09 Å². The predicted molar refractivity (Wildman–Crippen MR) is 95.8 cm³/mol. The zero-order chi connectivity index (χ0) is 17.8. The fraction of sp³-hybridized carbons (Fsp3) is 0.316. The van der Waals surface area contributed by atoms with Crippen LogP contribution in [0, 0.1) is 0 Å². The van der Waals surface area contributed by atoms with Crippen LogP contribution in [-0.2, 0) is 16.7 Å². The summed E-state index contributed by atoms with van der Waals surface area (Å²) in [4.78, 5) is 14.3. The van der Waals surface area contributed by atoms with Crippen molar-refractivity contribution in [2.45, 2.75) is 25.0 Å². The second kappa shape index (κ2) is 5.66. The lowest BCUT2D eigenvalue weighted by Crippen LogP contribution is -2.48. The molecule has 0 aromatic heterocycles. The molecule has 5 nitrogen and oxygen atoms in total. The summed E-state index contributed by atoms with van der Waals surface area (Å²) >= 11 is 3.56. The first-order valence-electron chi connectivity index (χ1n) is 8.10. The van der Waals surface area contributed by atoms with Crippen molar-refractivity contribution in [3.05, 3.63) is 57.6 Å². The summed E-state index contributed by atoms with van der Waals surface area (Å²) in [5.74, 6) is 0.507. The highest BCUT2D eigenvalue weighted by Gasteiger charge is 2.56. The number of rotatable bonds is 2. The fourth-order valence-electron chi connectivity index (χ4n) is 3.96. The van der Waals surface area contributed by atoms with Crippen molar-refractivity contribution in [2.75, 3.05) is 13.7 Å². The fourth-order valence-corrected chi connectivity index (χ4v) is 4.45. The average molecular weight is 404 g/mol. The minimum Gasteiger partial charge on any atom is -0.504 e. The normalized spacial score (nSPS) is 24.5. The van der Waals surface area contributed by atoms with E-state index in [1.165, 1.54) is 7.11 Å². The van der Waals surface area contributed by atoms with Crippen LogP contribution in [0.5, 0.6) is 11.5 Å². The summed E-state index contributed by atoms with van der Waals surface area (Å²) < 4.78 is 11.9. The average Bonchev–Trinajstić information content (AvgIpc) is 2.86. The van der Waals surface area contributed by atoms with Gasteiger partial charge < -0.3 is 14.6 Å². The van der Waals surface area contributed by atoms with Crippen molar-refractivity contribution in [3.63, 3.8) is 0 Å². The largest absolute Gasteiger partial charge is 0.504 e. The van der Waals surface area contributed by atoms with Crippen LogP contribution in [0.2, 0.25) is 0 Å². The standard InChI is InChI=1S/C19H18BrNO4/c1-19-13-10-15(22)16(24-2)9-11(13)7-8-21(19)18(23)25-17(19)12-5-3-4-6-14(12)20/h3-6,9-10,17,22H,7-8H2,1-2H3/t17-,19-/m0/s1. The predicted octanol–water partition coefficient (Wildman–Crippen LogP) is 4.13. The van der Waals surface area contributed by atoms with Gasteiger partial charge in [0.25, 0.3) is 0 Å². The zero-order valence-corrected chi connectivity index (χ0v) is 15.5. The number of halogens is 1. The third-order valence-corrected chi connectivity index (χ3v) is 5.97. The summed E-state index contributed by atoms with van der Waals surface area (Å²) in [5.41, 5.74) is 2.16. The molecule has 0 saturated carbocycles. The van der Waals surface area contributed by atoms with Gasteiger partial charge in [0.1, 0.15) is 5.54 Å². The number of phenols is 1. The Morgan fingerprint density at radius 1 is 1.36 bits per heavy atom. The van der Waals surface area contributed by atoms with E-state index in [2.05, 4.69) is 15.9 Å². The van der Waals surface area contributed by atoms with E-state index in [1.54, 1.807) is 11.0 Å². The number of benzene rings is 2. The van der Waals surface area contributed by atoms with Crippen LogP contribution in [0.1, 0.15) is 29.7 Å². The van der Waals surface area contributed by atoms with Gasteiger partial charge in [-0.2, -0.15) is 0 Å². The van der Waals surface area contributed by atoms with Gasteiger partial charge in [-0.3, -0.25) is 4.90 Å². The Bertz CT molecular complexity index is 868. The Morgan fingerprint density at radius 3 is 2.84 bits per heavy atom. The number of ether oxygens (including phenoxy) is 2. The maximum atomic E-state index is 12.5. The second-order valence-corrected chi connectivity index (χ2v) is 7.37. The minimum atomic E-state index is -0.696. The summed E-state index contributed by atoms with van der Waals surface area (Å²) in [6.07, 6.45) is -0.106. The molecule has 1 fully saturated rings. The number of hydrogen-bond donors (Lipinski definition) is 1. The Morgan fingerprint density at radius 2 is 2.12 bits per heavy atom. The first kappa shape index (κ1) is 16.3. The van der Waals surface area contributed by atoms with Crippen LogP contribution < -0.4 is 4.74 Å². The van der Waals surface area contributed by atoms with Crippen molar-refractivity contribution < 1.29 is 19.4 Å². The van der Waals surface area contributed by atoms with Crippen molar-refractivity contribution >= 4 is 22.0 Å². The van der Waals surface area contributed by atoms with E-state index in [0.717, 1.165) is 21.2 Å². The summed E-state index contributed by atoms with van der Waals surface area (Å²) in [5, 5.41) is 10.3. The van der Waals surface area contributed by atoms with Crippen molar-refractivity contribution in [1.82, 2.24) is 4.90 Å². The number of aromatic hydroxyl groups is 1. The number of hydrogen-bond acceptors (Lipinski definition) is 4. The van der Waals surface area contributed by atoms with Crippen LogP contribution >= 0.6 is 15.9 Å². The van der Waals surface area contributed by atoms with Gasteiger partial charge in [-0.1, -0.05) is 34.1 Å². The molecular formula is C19H18BrNO4. The number of carbonyl (C=O) groups excluding carboxylic acids is 1. The number of carbonyl (C=O) groups is 1. The van der Waals surface area contributed by atoms with Crippen LogP contribution in [0.15, 0.2) is 40.9 Å². The van der Waals surface area contributed by atoms with Crippen LogP contribution in [-0.4, -0.2) is 29.8 Å². The van der Waals surface area contributed by atoms with Crippen molar-refractivity contribution in [3.8, 4) is 11.5 Å². The third-order valence-electron chi connectivity index (χ3n) is 5.25. The lowest BCUT2D eigenvalue weighted by atomic mass is 9.76. The molecule has 2 heterocycles. The number of amides is 1. The number of methoxy groups -OCH3 is 1. The number of nitrogens with zero attached hydrogens (tertiary/aromatic N) is 1. The highest BCUT2D eigenvalue weighted by atomic mass is 79.9. The van der Waals surface area contributed by atoms with Crippen molar-refractivity contribution in [1.29, 1.82) is 0 Å². The molecule has 130 valence electrons. The smallest absolute Gasteiger partial charge is 0.411 e. The molecule has 0 bridgehead atoms. The number of phenolic OH excluding ortho intramolecular Hbond substituents is 1. The molecule has 1 N–H and O–H groups in total. The van der Waals surface area contributed by atoms with Gasteiger partial charge in [0.05, 0.1) is 7.11 Å². The lowest BCUT2D eigenvalue weighted by Gasteiger charge is -2.41. The molecule has 0 aliphatic carbocycles. The summed E-state index contributed by atoms with van der Waals surface area (Å²) in [6.45, 7) is 2.56. The molecule has 1 amide bonds. The van der Waals surface area contributed by atoms with Crippen molar-refractivity contribution in [2.24, 2.45) is 0 Å². The van der Waals surface area contributed by atoms with Gasteiger partial charge in [-0.15, -0.1) is 0 Å². The molecule has 2 aromatic rings. The number of fused-ring (bicyclic) bond motifs is 3. The van der Waals surface area contributed by atoms with Gasteiger partial charge in [-0.05, 0) is 42.7 Å². The van der Waals surface area contributed by atoms with Gasteiger partial charge in [0.2, 0.25) is 0 Å². The summed E-state index contributed by atoms with van der Waals surface area (Å²) in [6, 6.07) is 11.3. The lowest BCUT2D eigenvalue weighted by molar-refractivity contribution is 0.0999. The molecule has 0 radical (unpaired) electrons.